The Morgan fingerprint density at radius 1 is 1.20 bits per heavy atom. The van der Waals surface area contributed by atoms with Crippen LogP contribution in [0.25, 0.3) is 0 Å². The minimum absolute atomic E-state index is 0.114. The smallest absolute Gasteiger partial charge is 0.229 e. The first-order valence-electron chi connectivity index (χ1n) is 9.43. The predicted molar refractivity (Wildman–Crippen MR) is 115 cm³/mol. The van der Waals surface area contributed by atoms with E-state index in [2.05, 4.69) is 20.5 Å². The fraction of sp³-hybridized carbons (Fsp3) is 0.474. The molecule has 2 unspecified atom stereocenters. The standard InChI is InChI=1S/C19H27N5O5S/c1-13(27)21-16-5-4-6-17(22-23-19-20-7-12-30-19)18(16)24(14(2)28-10-8-25)15(3)29-11-9-26/h4-7,12,14-15,25-26H,8-11H2,1-3H3,(H,21,27). The molecule has 2 aromatic rings. The van der Waals surface area contributed by atoms with E-state index in [1.807, 2.05) is 0 Å². The Kier molecular flexibility index (Phi) is 9.77. The molecule has 0 radical (unpaired) electrons. The van der Waals surface area contributed by atoms with E-state index < -0.39 is 12.5 Å². The minimum atomic E-state index is -0.547. The summed E-state index contributed by atoms with van der Waals surface area (Å²) < 4.78 is 11.4. The van der Waals surface area contributed by atoms with E-state index in [1.54, 1.807) is 48.5 Å². The van der Waals surface area contributed by atoms with E-state index in [-0.39, 0.29) is 32.3 Å². The van der Waals surface area contributed by atoms with E-state index in [4.69, 9.17) is 19.7 Å². The highest BCUT2D eigenvalue weighted by Crippen LogP contribution is 2.40. The van der Waals surface area contributed by atoms with Crippen molar-refractivity contribution in [3.8, 4) is 0 Å². The number of para-hydroxylation sites is 1. The van der Waals surface area contributed by atoms with Gasteiger partial charge in [-0.15, -0.1) is 21.6 Å². The predicted octanol–water partition coefficient (Wildman–Crippen LogP) is 3.03. The lowest BCUT2D eigenvalue weighted by molar-refractivity contribution is -0.114. The average molecular weight is 438 g/mol. The van der Waals surface area contributed by atoms with Crippen LogP contribution in [0, 0.1) is 0 Å². The molecule has 3 N–H and O–H groups in total. The van der Waals surface area contributed by atoms with Crippen molar-refractivity contribution in [2.45, 2.75) is 33.2 Å². The third-order valence-electron chi connectivity index (χ3n) is 3.93. The van der Waals surface area contributed by atoms with Gasteiger partial charge in [0.15, 0.2) is 0 Å². The highest BCUT2D eigenvalue weighted by molar-refractivity contribution is 7.13. The zero-order valence-electron chi connectivity index (χ0n) is 17.2. The van der Waals surface area contributed by atoms with Gasteiger partial charge in [0.1, 0.15) is 18.1 Å². The maximum absolute atomic E-state index is 11.8. The molecule has 1 amide bonds. The van der Waals surface area contributed by atoms with Crippen LogP contribution >= 0.6 is 11.3 Å². The van der Waals surface area contributed by atoms with Gasteiger partial charge >= 0.3 is 0 Å². The molecule has 30 heavy (non-hydrogen) atoms. The van der Waals surface area contributed by atoms with Crippen LogP contribution in [0.3, 0.4) is 0 Å². The number of carbonyl (C=O) groups excluding carboxylic acids is 1. The number of carbonyl (C=O) groups is 1. The molecule has 0 spiro atoms. The summed E-state index contributed by atoms with van der Waals surface area (Å²) in [4.78, 5) is 17.7. The third-order valence-corrected chi connectivity index (χ3v) is 4.59. The van der Waals surface area contributed by atoms with Crippen LogP contribution < -0.4 is 10.2 Å². The second-order valence-corrected chi connectivity index (χ2v) is 7.04. The van der Waals surface area contributed by atoms with E-state index >= 15 is 0 Å². The van der Waals surface area contributed by atoms with Crippen LogP contribution in [0.15, 0.2) is 40.0 Å². The molecule has 0 fully saturated rings. The van der Waals surface area contributed by atoms with Crippen LogP contribution in [0.2, 0.25) is 0 Å². The van der Waals surface area contributed by atoms with Gasteiger partial charge in [-0.25, -0.2) is 4.98 Å². The van der Waals surface area contributed by atoms with E-state index in [1.165, 1.54) is 18.3 Å². The van der Waals surface area contributed by atoms with Gasteiger partial charge in [0.05, 0.1) is 37.8 Å². The van der Waals surface area contributed by atoms with Crippen molar-refractivity contribution in [2.24, 2.45) is 10.2 Å². The Bertz CT molecular complexity index is 804. The summed E-state index contributed by atoms with van der Waals surface area (Å²) in [5.41, 5.74) is 1.50. The van der Waals surface area contributed by atoms with Crippen molar-refractivity contribution in [2.75, 3.05) is 36.6 Å². The Morgan fingerprint density at radius 2 is 1.87 bits per heavy atom. The van der Waals surface area contributed by atoms with Crippen molar-refractivity contribution in [1.82, 2.24) is 4.98 Å². The fourth-order valence-electron chi connectivity index (χ4n) is 2.80. The number of benzene rings is 1. The monoisotopic (exact) mass is 437 g/mol. The van der Waals surface area contributed by atoms with Crippen LogP contribution in [-0.4, -0.2) is 60.0 Å². The Balaban J connectivity index is 2.54. The van der Waals surface area contributed by atoms with Gasteiger partial charge in [0.2, 0.25) is 11.0 Å². The molecule has 0 bridgehead atoms. The van der Waals surface area contributed by atoms with Crippen molar-refractivity contribution in [3.63, 3.8) is 0 Å². The number of rotatable bonds is 12. The van der Waals surface area contributed by atoms with E-state index in [9.17, 15) is 4.79 Å². The highest BCUT2D eigenvalue weighted by atomic mass is 32.1. The number of amides is 1. The maximum atomic E-state index is 11.8. The van der Waals surface area contributed by atoms with Crippen LogP contribution in [0.1, 0.15) is 20.8 Å². The second kappa shape index (κ2) is 12.3. The van der Waals surface area contributed by atoms with Gasteiger partial charge in [-0.05, 0) is 26.0 Å². The Hall–Kier alpha value is -2.44. The number of hydrogen-bond acceptors (Lipinski definition) is 10. The summed E-state index contributed by atoms with van der Waals surface area (Å²) in [6.45, 7) is 4.93. The Morgan fingerprint density at radius 3 is 2.40 bits per heavy atom. The zero-order chi connectivity index (χ0) is 21.9. The molecule has 1 aromatic heterocycles. The van der Waals surface area contributed by atoms with Crippen molar-refractivity contribution in [1.29, 1.82) is 0 Å². The van der Waals surface area contributed by atoms with Gasteiger partial charge in [-0.2, -0.15) is 0 Å². The maximum Gasteiger partial charge on any atom is 0.229 e. The van der Waals surface area contributed by atoms with Crippen LogP contribution in [0.5, 0.6) is 0 Å². The number of nitrogens with one attached hydrogen (secondary N) is 1. The summed E-state index contributed by atoms with van der Waals surface area (Å²) in [6, 6.07) is 5.24. The number of anilines is 2. The van der Waals surface area contributed by atoms with Crippen molar-refractivity contribution in [3.05, 3.63) is 29.8 Å². The summed E-state index contributed by atoms with van der Waals surface area (Å²) in [6.07, 6.45) is 0.541. The number of hydrogen-bond donors (Lipinski definition) is 3. The fourth-order valence-corrected chi connectivity index (χ4v) is 3.26. The van der Waals surface area contributed by atoms with Crippen molar-refractivity contribution < 1.29 is 24.5 Å². The molecule has 1 aromatic carbocycles. The van der Waals surface area contributed by atoms with Crippen molar-refractivity contribution >= 4 is 39.4 Å². The molecular formula is C19H27N5O5S. The molecule has 0 aliphatic rings. The minimum Gasteiger partial charge on any atom is -0.394 e. The summed E-state index contributed by atoms with van der Waals surface area (Å²) in [5, 5.41) is 31.9. The van der Waals surface area contributed by atoms with Crippen LogP contribution in [-0.2, 0) is 14.3 Å². The third kappa shape index (κ3) is 6.82. The largest absolute Gasteiger partial charge is 0.394 e. The number of aromatic nitrogens is 1. The van der Waals surface area contributed by atoms with Crippen LogP contribution in [0.4, 0.5) is 22.2 Å². The molecule has 2 atom stereocenters. The summed E-state index contributed by atoms with van der Waals surface area (Å²) in [5.74, 6) is -0.252. The number of ether oxygens (including phenoxy) is 2. The molecule has 11 heteroatoms. The molecule has 0 aliphatic heterocycles. The number of aliphatic hydroxyl groups excluding tert-OH is 2. The molecule has 0 saturated heterocycles. The SMILES string of the molecule is CC(=O)Nc1cccc(N=Nc2nccs2)c1N(C(C)OCCO)C(C)OCCO. The molecule has 1 heterocycles. The first-order valence-corrected chi connectivity index (χ1v) is 10.3. The van der Waals surface area contributed by atoms with Gasteiger partial charge in [0.25, 0.3) is 0 Å². The molecule has 0 saturated carbocycles. The quantitative estimate of drug-likeness (QED) is 0.344. The number of thiazole rings is 1. The topological polar surface area (TPSA) is 129 Å². The Labute approximate surface area is 179 Å². The molecular weight excluding hydrogens is 410 g/mol. The van der Waals surface area contributed by atoms with Gasteiger partial charge in [-0.3, -0.25) is 4.79 Å². The van der Waals surface area contributed by atoms with E-state index in [0.717, 1.165) is 0 Å². The normalized spacial score (nSPS) is 13.4. The lowest BCUT2D eigenvalue weighted by Crippen LogP contribution is -2.44. The summed E-state index contributed by atoms with van der Waals surface area (Å²) in [7, 11) is 0. The average Bonchev–Trinajstić information content (AvgIpc) is 3.24. The van der Waals surface area contributed by atoms with Gasteiger partial charge in [0, 0.05) is 18.5 Å². The number of azo groups is 1. The lowest BCUT2D eigenvalue weighted by atomic mass is 10.2. The highest BCUT2D eigenvalue weighted by Gasteiger charge is 2.27. The summed E-state index contributed by atoms with van der Waals surface area (Å²) >= 11 is 1.35. The zero-order valence-corrected chi connectivity index (χ0v) is 18.0. The van der Waals surface area contributed by atoms with E-state index in [0.29, 0.717) is 22.2 Å². The molecule has 164 valence electrons. The van der Waals surface area contributed by atoms with Gasteiger partial charge < -0.3 is 29.9 Å². The molecule has 10 nitrogen and oxygen atoms in total. The first kappa shape index (κ1) is 23.8. The molecule has 2 rings (SSSR count). The number of nitrogens with zero attached hydrogens (tertiary/aromatic N) is 4. The second-order valence-electron chi connectivity index (χ2n) is 6.16. The first-order chi connectivity index (χ1) is 14.5. The molecule has 0 aliphatic carbocycles. The lowest BCUT2D eigenvalue weighted by Gasteiger charge is -2.37. The number of aliphatic hydroxyl groups is 2. The van der Waals surface area contributed by atoms with Gasteiger partial charge in [-0.1, -0.05) is 6.07 Å².